The van der Waals surface area contributed by atoms with Gasteiger partial charge in [-0.1, -0.05) is 312 Å². The van der Waals surface area contributed by atoms with E-state index in [1.807, 2.05) is 0 Å². The molecule has 4 aliphatic heterocycles. The van der Waals surface area contributed by atoms with E-state index in [0.29, 0.717) is 76.1 Å². The molecule has 0 saturated carbocycles. The Morgan fingerprint density at radius 1 is 0.231 bits per heavy atom. The first-order valence-electron chi connectivity index (χ1n) is 46.0. The second-order valence-corrected chi connectivity index (χ2v) is 34.2. The third-order valence-electron chi connectivity index (χ3n) is 25.4. The summed E-state index contributed by atoms with van der Waals surface area (Å²) in [6, 6.07) is 9.50. The topological polar surface area (TPSA) is 131 Å². The summed E-state index contributed by atoms with van der Waals surface area (Å²) in [6.07, 6.45) is 54.7. The number of ether oxygens (including phenoxy) is 4. The molecule has 12 heteroatoms. The van der Waals surface area contributed by atoms with E-state index in [9.17, 15) is 20.4 Å². The van der Waals surface area contributed by atoms with Crippen molar-refractivity contribution >= 4 is 0 Å². The molecule has 5 aliphatic rings. The number of fused-ring (bicyclic) bond motifs is 16. The smallest absolute Gasteiger partial charge is 0.142 e. The fraction of sp³-hybridized carbons (Fsp3) is 0.750. The number of phenolic OH excluding ortho intramolecular Hbond substituents is 4. The number of benzene rings is 4. The summed E-state index contributed by atoms with van der Waals surface area (Å²) in [4.78, 5) is 9.56. The minimum absolute atomic E-state index is 0.309. The Hall–Kier alpha value is -4.88. The van der Waals surface area contributed by atoms with E-state index < -0.39 is 0 Å². The zero-order valence-electron chi connectivity index (χ0n) is 70.3. The molecule has 1 aliphatic carbocycles. The van der Waals surface area contributed by atoms with Crippen LogP contribution in [0.4, 0.5) is 0 Å². The molecule has 608 valence electrons. The molecular weight excluding hydrogens is 1340 g/mol. The van der Waals surface area contributed by atoms with Crippen LogP contribution in [0.3, 0.4) is 0 Å². The van der Waals surface area contributed by atoms with Gasteiger partial charge >= 0.3 is 0 Å². The normalized spacial score (nSPS) is 18.1. The lowest BCUT2D eigenvalue weighted by atomic mass is 9.74. The highest BCUT2D eigenvalue weighted by Gasteiger charge is 2.41. The van der Waals surface area contributed by atoms with Crippen LogP contribution in [-0.4, -0.2) is 93.1 Å². The molecule has 0 amide bonds. The van der Waals surface area contributed by atoms with Crippen molar-refractivity contribution in [3.63, 3.8) is 0 Å². The van der Waals surface area contributed by atoms with Crippen LogP contribution in [0.25, 0.3) is 0 Å². The van der Waals surface area contributed by atoms with E-state index in [1.54, 1.807) is 0 Å². The van der Waals surface area contributed by atoms with Crippen molar-refractivity contribution in [3.8, 4) is 46.0 Å². The fourth-order valence-electron chi connectivity index (χ4n) is 18.7. The molecule has 4 atom stereocenters. The van der Waals surface area contributed by atoms with E-state index in [1.165, 1.54) is 154 Å². The summed E-state index contributed by atoms with van der Waals surface area (Å²) in [6.45, 7) is 25.6. The molecule has 4 unspecified atom stereocenters. The monoisotopic (exact) mass is 1490 g/mol. The number of hydrogen-bond acceptors (Lipinski definition) is 12. The van der Waals surface area contributed by atoms with Crippen molar-refractivity contribution in [2.75, 3.05) is 53.1 Å². The molecule has 0 aromatic heterocycles. The molecule has 8 bridgehead atoms. The molecule has 0 saturated heterocycles. The number of aromatic hydroxyl groups is 4. The number of unbranched alkanes of at least 4 members (excludes halogenated alkanes) is 36. The van der Waals surface area contributed by atoms with Gasteiger partial charge in [-0.2, -0.15) is 0 Å². The van der Waals surface area contributed by atoms with Crippen LogP contribution in [0.2, 0.25) is 0 Å². The first kappa shape index (κ1) is 87.1. The summed E-state index contributed by atoms with van der Waals surface area (Å²) in [7, 11) is 0. The molecule has 0 fully saturated rings. The van der Waals surface area contributed by atoms with Crippen LogP contribution in [0.5, 0.6) is 46.0 Å². The fourth-order valence-corrected chi connectivity index (χ4v) is 18.7. The third-order valence-corrected chi connectivity index (χ3v) is 25.4. The molecule has 12 nitrogen and oxygen atoms in total. The predicted octanol–water partition coefficient (Wildman–Crippen LogP) is 26.8. The van der Waals surface area contributed by atoms with Gasteiger partial charge in [-0.05, 0) is 75.6 Å². The largest absolute Gasteiger partial charge is 0.507 e. The van der Waals surface area contributed by atoms with Crippen LogP contribution < -0.4 is 18.9 Å². The average Bonchev–Trinajstić information content (AvgIpc) is 0.732. The lowest BCUT2D eigenvalue weighted by molar-refractivity contribution is 0.0895. The maximum Gasteiger partial charge on any atom is 0.142 e. The third kappa shape index (κ3) is 24.6. The van der Waals surface area contributed by atoms with Crippen molar-refractivity contribution in [3.05, 3.63) is 91.0 Å². The van der Waals surface area contributed by atoms with Gasteiger partial charge in [0.1, 0.15) is 72.9 Å². The summed E-state index contributed by atoms with van der Waals surface area (Å²) in [5, 5.41) is 55.9. The number of nitrogens with zero attached hydrogens (tertiary/aromatic N) is 4. The van der Waals surface area contributed by atoms with Crippen molar-refractivity contribution < 1.29 is 39.4 Å². The lowest BCUT2D eigenvalue weighted by Gasteiger charge is -2.38. The highest BCUT2D eigenvalue weighted by molar-refractivity contribution is 5.69. The van der Waals surface area contributed by atoms with Crippen molar-refractivity contribution in [1.82, 2.24) is 19.6 Å². The maximum absolute atomic E-state index is 14.0. The van der Waals surface area contributed by atoms with Gasteiger partial charge in [0.25, 0.3) is 0 Å². The SMILES string of the molecule is CCCCCCCCCCCC1c2cc(c3c(c2O)CN(CCCC)CO3)C(CCCCCCCCCCC)c2cc(c3c(c2O)CN(CCCC)CO3)C(CCCCCCCCCCC)c2cc(c3c(c2O)CN(CCCC)CO3)C(CCCCCCCCCCC)c2cc1c1c(c2O)CN(CCCC)CO1. The summed E-state index contributed by atoms with van der Waals surface area (Å²) >= 11 is 0. The zero-order valence-corrected chi connectivity index (χ0v) is 70.3. The van der Waals surface area contributed by atoms with E-state index in [4.69, 9.17) is 18.9 Å². The van der Waals surface area contributed by atoms with Gasteiger partial charge in [0.2, 0.25) is 0 Å². The van der Waals surface area contributed by atoms with Gasteiger partial charge < -0.3 is 39.4 Å². The maximum atomic E-state index is 14.0. The van der Waals surface area contributed by atoms with Crippen molar-refractivity contribution in [2.45, 2.75) is 413 Å². The van der Waals surface area contributed by atoms with Gasteiger partial charge in [0.05, 0.1) is 22.3 Å². The van der Waals surface area contributed by atoms with Crippen LogP contribution >= 0.6 is 0 Å². The average molecular weight is 1490 g/mol. The predicted molar refractivity (Wildman–Crippen MR) is 450 cm³/mol. The molecule has 9 rings (SSSR count). The van der Waals surface area contributed by atoms with Crippen LogP contribution in [0.15, 0.2) is 24.3 Å². The van der Waals surface area contributed by atoms with Gasteiger partial charge in [0.15, 0.2) is 0 Å². The standard InChI is InChI=1S/C96H156N4O8/c1-9-17-25-29-33-37-41-45-49-53-73-77-61-82(94-85(89(77)101)65-97(70-106-94)57-21-13-5)75(55-51-47-43-39-35-31-27-19-11-3)79-63-84(96-87(91(79)103)67-99(72-108-96)59-23-15-7)76(56-52-48-44-40-36-32-28-20-12-4)80-64-83(95-88(92(80)104)68-100(71-107-95)60-24-16-8)74(54-50-46-42-38-34-30-26-18-10-2)78-62-81(73)93-86(90(78)102)66-98(69-105-93)58-22-14-6/h61-64,73-76,101-104H,9-60,65-72H2,1-8H3. The van der Waals surface area contributed by atoms with Gasteiger partial charge in [-0.25, -0.2) is 0 Å². The zero-order chi connectivity index (χ0) is 76.2. The van der Waals surface area contributed by atoms with E-state index >= 15 is 0 Å². The minimum atomic E-state index is -0.323. The Bertz CT molecular complexity index is 2820. The van der Waals surface area contributed by atoms with Crippen molar-refractivity contribution in [1.29, 1.82) is 0 Å². The molecule has 0 spiro atoms. The molecule has 4 N–H and O–H groups in total. The Morgan fingerprint density at radius 2 is 0.398 bits per heavy atom. The Balaban J connectivity index is 1.37. The lowest BCUT2D eigenvalue weighted by Crippen LogP contribution is -2.34. The van der Waals surface area contributed by atoms with Crippen molar-refractivity contribution in [2.24, 2.45) is 0 Å². The molecular formula is C96H156N4O8. The van der Waals surface area contributed by atoms with Crippen LogP contribution in [0, 0.1) is 0 Å². The Morgan fingerprint density at radius 3 is 0.574 bits per heavy atom. The first-order valence-corrected chi connectivity index (χ1v) is 46.0. The van der Waals surface area contributed by atoms with Crippen LogP contribution in [0.1, 0.15) is 454 Å². The molecule has 108 heavy (non-hydrogen) atoms. The number of rotatable bonds is 52. The summed E-state index contributed by atoms with van der Waals surface area (Å²) in [5.41, 5.74) is 11.1. The minimum Gasteiger partial charge on any atom is -0.507 e. The molecule has 4 aromatic carbocycles. The Labute approximate surface area is 659 Å². The first-order chi connectivity index (χ1) is 53.0. The summed E-state index contributed by atoms with van der Waals surface area (Å²) < 4.78 is 29.3. The van der Waals surface area contributed by atoms with E-state index in [0.717, 1.165) is 270 Å². The van der Waals surface area contributed by atoms with Gasteiger partial charge in [-0.3, -0.25) is 19.6 Å². The molecule has 4 aromatic rings. The number of phenols is 4. The van der Waals surface area contributed by atoms with Crippen LogP contribution in [-0.2, 0) is 26.2 Å². The quantitative estimate of drug-likeness (QED) is 0.0314. The summed E-state index contributed by atoms with van der Waals surface area (Å²) in [5.74, 6) is 3.00. The van der Waals surface area contributed by atoms with E-state index in [2.05, 4.69) is 99.3 Å². The number of hydrogen-bond donors (Lipinski definition) is 4. The second-order valence-electron chi connectivity index (χ2n) is 34.2. The van der Waals surface area contributed by atoms with Gasteiger partial charge in [-0.15, -0.1) is 0 Å². The van der Waals surface area contributed by atoms with Gasteiger partial charge in [0, 0.05) is 121 Å². The Kier molecular flexibility index (Phi) is 38.9. The van der Waals surface area contributed by atoms with E-state index in [-0.39, 0.29) is 23.7 Å². The highest BCUT2D eigenvalue weighted by atomic mass is 16.5. The second kappa shape index (κ2) is 48.2. The highest BCUT2D eigenvalue weighted by Crippen LogP contribution is 2.58. The molecule has 4 heterocycles. The molecule has 0 radical (unpaired) electrons.